The second-order valence-electron chi connectivity index (χ2n) is 4.44. The predicted octanol–water partition coefficient (Wildman–Crippen LogP) is 2.31. The van der Waals surface area contributed by atoms with Crippen LogP contribution in [0.25, 0.3) is 0 Å². The average Bonchev–Trinajstić information content (AvgIpc) is 2.77. The van der Waals surface area contributed by atoms with Gasteiger partial charge in [-0.1, -0.05) is 13.8 Å². The molecule has 0 radical (unpaired) electrons. The molecule has 0 atom stereocenters. The summed E-state index contributed by atoms with van der Waals surface area (Å²) in [5.74, 6) is 0. The van der Waals surface area contributed by atoms with E-state index in [4.69, 9.17) is 12.2 Å². The second-order valence-corrected chi connectivity index (χ2v) is 4.83. The highest BCUT2D eigenvalue weighted by atomic mass is 32.1. The molecule has 0 aromatic heterocycles. The molecule has 2 N–H and O–H groups in total. The van der Waals surface area contributed by atoms with Crippen molar-refractivity contribution in [3.05, 3.63) is 34.4 Å². The van der Waals surface area contributed by atoms with Crippen LogP contribution in [0.3, 0.4) is 0 Å². The lowest BCUT2D eigenvalue weighted by Crippen LogP contribution is -2.50. The first-order valence-corrected chi connectivity index (χ1v) is 6.56. The third kappa shape index (κ3) is 2.52. The second kappa shape index (κ2) is 5.10. The number of nitrogens with one attached hydrogen (secondary N) is 2. The number of thiocarbonyl (C=S) groups is 1. The van der Waals surface area contributed by atoms with Crippen LogP contribution in [0.2, 0.25) is 0 Å². The molecule has 1 saturated heterocycles. The van der Waals surface area contributed by atoms with Gasteiger partial charge in [-0.05, 0) is 37.2 Å². The molecule has 19 heavy (non-hydrogen) atoms. The van der Waals surface area contributed by atoms with Crippen LogP contribution < -0.4 is 15.8 Å². The molecule has 0 amide bonds. The summed E-state index contributed by atoms with van der Waals surface area (Å²) in [5, 5.41) is 16.2. The Morgan fingerprint density at radius 3 is 2.32 bits per heavy atom. The highest BCUT2D eigenvalue weighted by Crippen LogP contribution is 2.25. The number of hydrogen-bond acceptors (Lipinski definition) is 4. The summed E-state index contributed by atoms with van der Waals surface area (Å²) in [6.45, 7) is 4.15. The van der Waals surface area contributed by atoms with Gasteiger partial charge in [-0.25, -0.2) is 5.43 Å². The van der Waals surface area contributed by atoms with Crippen LogP contribution in [0.1, 0.15) is 26.7 Å². The van der Waals surface area contributed by atoms with Crippen LogP contribution in [-0.2, 0) is 0 Å². The van der Waals surface area contributed by atoms with Gasteiger partial charge in [0, 0.05) is 12.1 Å². The van der Waals surface area contributed by atoms with Crippen molar-refractivity contribution in [2.24, 2.45) is 0 Å². The summed E-state index contributed by atoms with van der Waals surface area (Å²) in [4.78, 5) is 10.2. The van der Waals surface area contributed by atoms with Gasteiger partial charge in [0.1, 0.15) is 5.66 Å². The van der Waals surface area contributed by atoms with Crippen LogP contribution in [0, 0.1) is 10.1 Å². The van der Waals surface area contributed by atoms with Crippen molar-refractivity contribution in [3.8, 4) is 0 Å². The average molecular weight is 280 g/mol. The van der Waals surface area contributed by atoms with Crippen LogP contribution in [-0.4, -0.2) is 15.7 Å². The van der Waals surface area contributed by atoms with Gasteiger partial charge in [0.15, 0.2) is 5.11 Å². The zero-order chi connectivity index (χ0) is 14.0. The number of non-ortho nitro benzene ring substituents is 1. The molecule has 0 bridgehead atoms. The first-order valence-electron chi connectivity index (χ1n) is 6.16. The molecule has 1 aromatic rings. The van der Waals surface area contributed by atoms with Crippen molar-refractivity contribution in [1.82, 2.24) is 10.7 Å². The van der Waals surface area contributed by atoms with Gasteiger partial charge in [-0.3, -0.25) is 15.1 Å². The maximum Gasteiger partial charge on any atom is 0.269 e. The van der Waals surface area contributed by atoms with E-state index in [-0.39, 0.29) is 11.4 Å². The number of nitro groups is 1. The van der Waals surface area contributed by atoms with Crippen LogP contribution in [0.4, 0.5) is 11.4 Å². The van der Waals surface area contributed by atoms with Crippen molar-refractivity contribution in [3.63, 3.8) is 0 Å². The fourth-order valence-corrected chi connectivity index (χ4v) is 2.39. The van der Waals surface area contributed by atoms with Gasteiger partial charge in [0.05, 0.1) is 10.6 Å². The number of nitrogens with zero attached hydrogens (tertiary/aromatic N) is 2. The number of rotatable bonds is 4. The quantitative estimate of drug-likeness (QED) is 0.501. The van der Waals surface area contributed by atoms with E-state index in [1.54, 1.807) is 17.1 Å². The molecule has 2 rings (SSSR count). The summed E-state index contributed by atoms with van der Waals surface area (Å²) in [6.07, 6.45) is 1.76. The predicted molar refractivity (Wildman–Crippen MR) is 77.8 cm³/mol. The summed E-state index contributed by atoms with van der Waals surface area (Å²) in [7, 11) is 0. The first-order chi connectivity index (χ1) is 9.01. The lowest BCUT2D eigenvalue weighted by Gasteiger charge is -2.27. The van der Waals surface area contributed by atoms with Crippen molar-refractivity contribution in [2.75, 3.05) is 5.01 Å². The van der Waals surface area contributed by atoms with E-state index in [2.05, 4.69) is 24.6 Å². The van der Waals surface area contributed by atoms with Gasteiger partial charge in [0.2, 0.25) is 0 Å². The molecular weight excluding hydrogens is 264 g/mol. The number of benzene rings is 1. The van der Waals surface area contributed by atoms with E-state index < -0.39 is 4.92 Å². The van der Waals surface area contributed by atoms with Crippen molar-refractivity contribution in [2.45, 2.75) is 32.4 Å². The minimum Gasteiger partial charge on any atom is -0.342 e. The lowest BCUT2D eigenvalue weighted by molar-refractivity contribution is -0.384. The minimum absolute atomic E-state index is 0.0686. The van der Waals surface area contributed by atoms with E-state index in [1.807, 2.05) is 0 Å². The molecule has 1 aromatic carbocycles. The molecular formula is C12H16N4O2S. The third-order valence-electron chi connectivity index (χ3n) is 3.40. The molecule has 7 heteroatoms. The number of hydrogen-bond donors (Lipinski definition) is 2. The Labute approximate surface area is 116 Å². The van der Waals surface area contributed by atoms with Crippen molar-refractivity contribution in [1.29, 1.82) is 0 Å². The van der Waals surface area contributed by atoms with Gasteiger partial charge in [0.25, 0.3) is 5.69 Å². The fraction of sp³-hybridized carbons (Fsp3) is 0.417. The topological polar surface area (TPSA) is 70.4 Å². The van der Waals surface area contributed by atoms with Crippen molar-refractivity contribution < 1.29 is 4.92 Å². The lowest BCUT2D eigenvalue weighted by atomic mass is 10.1. The molecule has 1 aliphatic rings. The molecule has 0 unspecified atom stereocenters. The molecule has 1 heterocycles. The number of anilines is 1. The maximum absolute atomic E-state index is 10.6. The highest BCUT2D eigenvalue weighted by molar-refractivity contribution is 7.80. The van der Waals surface area contributed by atoms with Crippen LogP contribution in [0.15, 0.2) is 24.3 Å². The highest BCUT2D eigenvalue weighted by Gasteiger charge is 2.37. The van der Waals surface area contributed by atoms with Crippen LogP contribution in [0.5, 0.6) is 0 Å². The standard InChI is InChI=1S/C12H16N4O2S/c1-3-12(4-2)13-11(19)15(14-12)9-5-7-10(8-6-9)16(17)18/h5-8,14H,3-4H2,1-2H3,(H,13,19). The summed E-state index contributed by atoms with van der Waals surface area (Å²) in [5.41, 5.74) is 3.95. The van der Waals surface area contributed by atoms with Crippen molar-refractivity contribution >= 4 is 28.7 Å². The number of hydrazine groups is 1. The summed E-state index contributed by atoms with van der Waals surface area (Å²) >= 11 is 5.31. The Kier molecular flexibility index (Phi) is 3.68. The van der Waals surface area contributed by atoms with Gasteiger partial charge < -0.3 is 5.32 Å². The first kappa shape index (κ1) is 13.7. The third-order valence-corrected chi connectivity index (χ3v) is 3.69. The number of nitro benzene ring substituents is 1. The SMILES string of the molecule is CCC1(CC)NC(=S)N(c2ccc([N+](=O)[O-])cc2)N1. The normalized spacial score (nSPS) is 17.4. The van der Waals surface area contributed by atoms with Crippen LogP contribution >= 0.6 is 12.2 Å². The van der Waals surface area contributed by atoms with E-state index in [0.717, 1.165) is 18.5 Å². The summed E-state index contributed by atoms with van der Waals surface area (Å²) < 4.78 is 0. The molecule has 0 saturated carbocycles. The maximum atomic E-state index is 10.6. The minimum atomic E-state index is -0.417. The molecule has 0 aliphatic carbocycles. The molecule has 1 aliphatic heterocycles. The Morgan fingerprint density at radius 2 is 1.89 bits per heavy atom. The Hall–Kier alpha value is -1.73. The fourth-order valence-electron chi connectivity index (χ4n) is 2.04. The van der Waals surface area contributed by atoms with Gasteiger partial charge >= 0.3 is 0 Å². The van der Waals surface area contributed by atoms with E-state index in [1.165, 1.54) is 12.1 Å². The van der Waals surface area contributed by atoms with Gasteiger partial charge in [-0.2, -0.15) is 0 Å². The summed E-state index contributed by atoms with van der Waals surface area (Å²) in [6, 6.07) is 6.30. The zero-order valence-electron chi connectivity index (χ0n) is 10.8. The van der Waals surface area contributed by atoms with E-state index in [0.29, 0.717) is 5.11 Å². The Morgan fingerprint density at radius 1 is 1.32 bits per heavy atom. The largest absolute Gasteiger partial charge is 0.342 e. The van der Waals surface area contributed by atoms with Gasteiger partial charge in [-0.15, -0.1) is 0 Å². The molecule has 0 spiro atoms. The molecule has 6 nitrogen and oxygen atoms in total. The smallest absolute Gasteiger partial charge is 0.269 e. The Balaban J connectivity index is 2.23. The molecule has 1 fully saturated rings. The monoisotopic (exact) mass is 280 g/mol. The Bertz CT molecular complexity index is 499. The molecule has 102 valence electrons. The van der Waals surface area contributed by atoms with E-state index in [9.17, 15) is 10.1 Å². The van der Waals surface area contributed by atoms with E-state index >= 15 is 0 Å². The zero-order valence-corrected chi connectivity index (χ0v) is 11.7.